The zero-order valence-corrected chi connectivity index (χ0v) is 15.6. The van der Waals surface area contributed by atoms with E-state index >= 15 is 0 Å². The Morgan fingerprint density at radius 2 is 1.54 bits per heavy atom. The lowest BCUT2D eigenvalue weighted by molar-refractivity contribution is 0.386. The smallest absolute Gasteiger partial charge is 0.165 e. The summed E-state index contributed by atoms with van der Waals surface area (Å²) < 4.78 is 30.9. The SMILES string of the molecule is COc1ccc2c(Oc3ccccc3)c(-c3ccc(OC)c(F)c3)ccc2c1. The molecule has 0 unspecified atom stereocenters. The largest absolute Gasteiger partial charge is 0.497 e. The van der Waals surface area contributed by atoms with Gasteiger partial charge in [0.25, 0.3) is 0 Å². The minimum Gasteiger partial charge on any atom is -0.497 e. The Balaban J connectivity index is 1.92. The Morgan fingerprint density at radius 1 is 0.714 bits per heavy atom. The van der Waals surface area contributed by atoms with Crippen molar-refractivity contribution in [1.29, 1.82) is 0 Å². The van der Waals surface area contributed by atoms with Crippen molar-refractivity contribution in [2.24, 2.45) is 0 Å². The summed E-state index contributed by atoms with van der Waals surface area (Å²) >= 11 is 0. The third kappa shape index (κ3) is 3.37. The fourth-order valence-corrected chi connectivity index (χ4v) is 3.18. The van der Waals surface area contributed by atoms with Gasteiger partial charge >= 0.3 is 0 Å². The molecule has 0 aliphatic carbocycles. The molecule has 0 bridgehead atoms. The average Bonchev–Trinajstić information content (AvgIpc) is 2.74. The highest BCUT2D eigenvalue weighted by Gasteiger charge is 2.15. The molecule has 0 saturated heterocycles. The van der Waals surface area contributed by atoms with Crippen molar-refractivity contribution in [3.8, 4) is 34.1 Å². The number of halogens is 1. The molecule has 3 nitrogen and oxygen atoms in total. The molecule has 0 N–H and O–H groups in total. The summed E-state index contributed by atoms with van der Waals surface area (Å²) in [7, 11) is 3.09. The Kier molecular flexibility index (Phi) is 4.85. The van der Waals surface area contributed by atoms with Crippen LogP contribution in [-0.4, -0.2) is 14.2 Å². The first-order valence-electron chi connectivity index (χ1n) is 8.87. The molecule has 0 spiro atoms. The van der Waals surface area contributed by atoms with Crippen molar-refractivity contribution in [3.63, 3.8) is 0 Å². The summed E-state index contributed by atoms with van der Waals surface area (Å²) in [6.45, 7) is 0. The molecule has 4 rings (SSSR count). The molecule has 0 heterocycles. The number of hydrogen-bond acceptors (Lipinski definition) is 3. The highest BCUT2D eigenvalue weighted by atomic mass is 19.1. The van der Waals surface area contributed by atoms with Gasteiger partial charge in [-0.25, -0.2) is 4.39 Å². The molecule has 0 radical (unpaired) electrons. The molecule has 0 atom stereocenters. The quantitative estimate of drug-likeness (QED) is 0.401. The van der Waals surface area contributed by atoms with Crippen LogP contribution in [0.15, 0.2) is 78.9 Å². The molecule has 4 aromatic carbocycles. The zero-order valence-electron chi connectivity index (χ0n) is 15.6. The van der Waals surface area contributed by atoms with Gasteiger partial charge in [-0.05, 0) is 59.5 Å². The van der Waals surface area contributed by atoms with Crippen molar-refractivity contribution in [2.45, 2.75) is 0 Å². The molecule has 0 aliphatic heterocycles. The van der Waals surface area contributed by atoms with E-state index in [2.05, 4.69) is 0 Å². The normalized spacial score (nSPS) is 10.7. The highest BCUT2D eigenvalue weighted by molar-refractivity contribution is 5.96. The first kappa shape index (κ1) is 17.9. The second kappa shape index (κ2) is 7.61. The number of hydrogen-bond donors (Lipinski definition) is 0. The van der Waals surface area contributed by atoms with E-state index in [0.717, 1.165) is 22.1 Å². The number of benzene rings is 4. The van der Waals surface area contributed by atoms with Crippen LogP contribution < -0.4 is 14.2 Å². The summed E-state index contributed by atoms with van der Waals surface area (Å²) in [6.07, 6.45) is 0. The van der Waals surface area contributed by atoms with Gasteiger partial charge in [-0.3, -0.25) is 0 Å². The number of fused-ring (bicyclic) bond motifs is 1. The average molecular weight is 374 g/mol. The van der Waals surface area contributed by atoms with Crippen LogP contribution in [0.5, 0.6) is 23.0 Å². The van der Waals surface area contributed by atoms with Crippen LogP contribution in [0.1, 0.15) is 0 Å². The van der Waals surface area contributed by atoms with E-state index < -0.39 is 5.82 Å². The molecule has 28 heavy (non-hydrogen) atoms. The first-order valence-corrected chi connectivity index (χ1v) is 8.87. The lowest BCUT2D eigenvalue weighted by atomic mass is 9.99. The van der Waals surface area contributed by atoms with E-state index in [9.17, 15) is 4.39 Å². The summed E-state index contributed by atoms with van der Waals surface area (Å²) in [6, 6.07) is 24.1. The second-order valence-electron chi connectivity index (χ2n) is 6.29. The maximum atomic E-state index is 14.3. The van der Waals surface area contributed by atoms with Crippen LogP contribution in [0.3, 0.4) is 0 Å². The van der Waals surface area contributed by atoms with E-state index in [-0.39, 0.29) is 5.75 Å². The van der Waals surface area contributed by atoms with Gasteiger partial charge in [-0.15, -0.1) is 0 Å². The fourth-order valence-electron chi connectivity index (χ4n) is 3.18. The molecule has 4 aromatic rings. The molecule has 0 fully saturated rings. The summed E-state index contributed by atoms with van der Waals surface area (Å²) in [4.78, 5) is 0. The van der Waals surface area contributed by atoms with Crippen LogP contribution in [-0.2, 0) is 0 Å². The van der Waals surface area contributed by atoms with Crippen LogP contribution >= 0.6 is 0 Å². The Morgan fingerprint density at radius 3 is 2.25 bits per heavy atom. The maximum absolute atomic E-state index is 14.3. The highest BCUT2D eigenvalue weighted by Crippen LogP contribution is 2.41. The standard InChI is InChI=1S/C24H19FO3/c1-26-19-10-12-21-16(14-19)8-11-20(17-9-13-23(27-2)22(25)15-17)24(21)28-18-6-4-3-5-7-18/h3-15H,1-2H3. The first-order chi connectivity index (χ1) is 13.7. The lowest BCUT2D eigenvalue weighted by Gasteiger charge is -2.16. The van der Waals surface area contributed by atoms with Crippen LogP contribution in [0, 0.1) is 5.82 Å². The lowest BCUT2D eigenvalue weighted by Crippen LogP contribution is -1.93. The Bertz CT molecular complexity index is 1120. The van der Waals surface area contributed by atoms with Crippen molar-refractivity contribution in [3.05, 3.63) is 84.7 Å². The topological polar surface area (TPSA) is 27.7 Å². The van der Waals surface area contributed by atoms with Gasteiger partial charge in [-0.1, -0.05) is 30.3 Å². The molecule has 0 saturated carbocycles. The minimum absolute atomic E-state index is 0.208. The van der Waals surface area contributed by atoms with Crippen molar-refractivity contribution >= 4 is 10.8 Å². The van der Waals surface area contributed by atoms with Gasteiger partial charge < -0.3 is 14.2 Å². The van der Waals surface area contributed by atoms with Gasteiger partial charge in [0, 0.05) is 10.9 Å². The third-order valence-corrected chi connectivity index (χ3v) is 4.60. The van der Waals surface area contributed by atoms with E-state index in [0.29, 0.717) is 17.1 Å². The van der Waals surface area contributed by atoms with Gasteiger partial charge in [0.15, 0.2) is 11.6 Å². The minimum atomic E-state index is -0.416. The van der Waals surface area contributed by atoms with E-state index in [1.54, 1.807) is 13.2 Å². The van der Waals surface area contributed by atoms with Gasteiger partial charge in [-0.2, -0.15) is 0 Å². The molecular formula is C24H19FO3. The monoisotopic (exact) mass is 374 g/mol. The van der Waals surface area contributed by atoms with E-state index in [1.165, 1.54) is 13.2 Å². The van der Waals surface area contributed by atoms with Crippen LogP contribution in [0.4, 0.5) is 4.39 Å². The molecule has 0 aromatic heterocycles. The predicted octanol–water partition coefficient (Wildman–Crippen LogP) is 6.46. The zero-order chi connectivity index (χ0) is 19.5. The van der Waals surface area contributed by atoms with Crippen LogP contribution in [0.25, 0.3) is 21.9 Å². The number of rotatable bonds is 5. The third-order valence-electron chi connectivity index (χ3n) is 4.60. The van der Waals surface area contributed by atoms with E-state index in [4.69, 9.17) is 14.2 Å². The molecule has 4 heteroatoms. The van der Waals surface area contributed by atoms with Crippen molar-refractivity contribution in [2.75, 3.05) is 14.2 Å². The molecule has 0 aliphatic rings. The molecular weight excluding hydrogens is 355 g/mol. The van der Waals surface area contributed by atoms with Crippen LogP contribution in [0.2, 0.25) is 0 Å². The van der Waals surface area contributed by atoms with Crippen molar-refractivity contribution < 1.29 is 18.6 Å². The number of methoxy groups -OCH3 is 2. The molecule has 140 valence electrons. The van der Waals surface area contributed by atoms with Gasteiger partial charge in [0.1, 0.15) is 17.2 Å². The van der Waals surface area contributed by atoms with Crippen molar-refractivity contribution in [1.82, 2.24) is 0 Å². The Hall–Kier alpha value is -3.53. The second-order valence-corrected chi connectivity index (χ2v) is 6.29. The predicted molar refractivity (Wildman–Crippen MR) is 109 cm³/mol. The Labute approximate surface area is 162 Å². The number of ether oxygens (including phenoxy) is 3. The molecule has 0 amide bonds. The number of para-hydroxylation sites is 1. The summed E-state index contributed by atoms with van der Waals surface area (Å²) in [5.41, 5.74) is 1.50. The van der Waals surface area contributed by atoms with Gasteiger partial charge in [0.2, 0.25) is 0 Å². The summed E-state index contributed by atoms with van der Waals surface area (Å²) in [5.74, 6) is 1.93. The van der Waals surface area contributed by atoms with Gasteiger partial charge in [0.05, 0.1) is 14.2 Å². The summed E-state index contributed by atoms with van der Waals surface area (Å²) in [5, 5.41) is 1.89. The van der Waals surface area contributed by atoms with E-state index in [1.807, 2.05) is 66.7 Å². The fraction of sp³-hybridized carbons (Fsp3) is 0.0833. The maximum Gasteiger partial charge on any atom is 0.165 e.